The van der Waals surface area contributed by atoms with Crippen LogP contribution in [0.3, 0.4) is 0 Å². The first-order valence-corrected chi connectivity index (χ1v) is 7.22. The van der Waals surface area contributed by atoms with E-state index >= 15 is 0 Å². The second kappa shape index (κ2) is 6.44. The summed E-state index contributed by atoms with van der Waals surface area (Å²) in [7, 11) is 1.60. The van der Waals surface area contributed by atoms with Gasteiger partial charge in [0.15, 0.2) is 0 Å². The van der Waals surface area contributed by atoms with Crippen molar-refractivity contribution in [3.8, 4) is 11.5 Å². The van der Waals surface area contributed by atoms with Crippen LogP contribution in [0.5, 0.6) is 11.5 Å². The molecule has 0 spiro atoms. The molecule has 0 unspecified atom stereocenters. The van der Waals surface area contributed by atoms with E-state index < -0.39 is 5.97 Å². The zero-order valence-electron chi connectivity index (χ0n) is 13.0. The van der Waals surface area contributed by atoms with Gasteiger partial charge in [-0.15, -0.1) is 0 Å². The number of methoxy groups -OCH3 is 1. The predicted octanol–water partition coefficient (Wildman–Crippen LogP) is 3.10. The zero-order valence-corrected chi connectivity index (χ0v) is 13.0. The number of carbonyl (C=O) groups excluding carboxylic acids is 1. The molecule has 23 heavy (non-hydrogen) atoms. The van der Waals surface area contributed by atoms with Crippen LogP contribution in [0.15, 0.2) is 48.5 Å². The van der Waals surface area contributed by atoms with E-state index in [-0.39, 0.29) is 0 Å². The molecule has 1 N–H and O–H groups in total. The van der Waals surface area contributed by atoms with Gasteiger partial charge in [0.25, 0.3) is 0 Å². The monoisotopic (exact) mass is 311 g/mol. The van der Waals surface area contributed by atoms with Crippen molar-refractivity contribution in [3.05, 3.63) is 65.2 Å². The molecule has 0 fully saturated rings. The van der Waals surface area contributed by atoms with Gasteiger partial charge in [-0.3, -0.25) is 0 Å². The molecule has 5 heteroatoms. The molecule has 118 valence electrons. The molecule has 1 aliphatic heterocycles. The Balaban J connectivity index is 1.70. The number of rotatable bonds is 4. The third kappa shape index (κ3) is 3.29. The van der Waals surface area contributed by atoms with E-state index in [2.05, 4.69) is 5.48 Å². The van der Waals surface area contributed by atoms with Crippen molar-refractivity contribution in [2.45, 2.75) is 6.92 Å². The number of ether oxygens (including phenoxy) is 2. The number of hydroxylamine groups is 1. The molecule has 0 bridgehead atoms. The van der Waals surface area contributed by atoms with Gasteiger partial charge in [-0.2, -0.15) is 0 Å². The Morgan fingerprint density at radius 3 is 2.70 bits per heavy atom. The summed E-state index contributed by atoms with van der Waals surface area (Å²) < 4.78 is 10.7. The van der Waals surface area contributed by atoms with Crippen LogP contribution < -0.4 is 15.0 Å². The van der Waals surface area contributed by atoms with Crippen molar-refractivity contribution in [2.75, 3.05) is 13.7 Å². The van der Waals surface area contributed by atoms with Crippen molar-refractivity contribution in [3.63, 3.8) is 0 Å². The third-order valence-electron chi connectivity index (χ3n) is 3.55. The molecule has 0 amide bonds. The maximum absolute atomic E-state index is 12.0. The Bertz CT molecular complexity index is 750. The molecule has 1 heterocycles. The SMILES string of the molecule is COc1ccc2c(c1)OCC=C2NOC(=O)c1ccc(C)cc1. The lowest BCUT2D eigenvalue weighted by Gasteiger charge is -2.19. The second-order valence-corrected chi connectivity index (χ2v) is 5.15. The van der Waals surface area contributed by atoms with Crippen molar-refractivity contribution in [1.29, 1.82) is 0 Å². The number of fused-ring (bicyclic) bond motifs is 1. The summed E-state index contributed by atoms with van der Waals surface area (Å²) in [5, 5.41) is 0. The number of aryl methyl sites for hydroxylation is 1. The topological polar surface area (TPSA) is 56.8 Å². The summed E-state index contributed by atoms with van der Waals surface area (Å²) >= 11 is 0. The van der Waals surface area contributed by atoms with Crippen LogP contribution in [-0.2, 0) is 4.84 Å². The fraction of sp³-hybridized carbons (Fsp3) is 0.167. The molecule has 0 saturated carbocycles. The molecule has 1 aliphatic rings. The molecule has 5 nitrogen and oxygen atoms in total. The van der Waals surface area contributed by atoms with Gasteiger partial charge >= 0.3 is 5.97 Å². The Morgan fingerprint density at radius 2 is 1.96 bits per heavy atom. The molecule has 0 aromatic heterocycles. The summed E-state index contributed by atoms with van der Waals surface area (Å²) in [6.07, 6.45) is 1.82. The molecule has 0 aliphatic carbocycles. The largest absolute Gasteiger partial charge is 0.497 e. The van der Waals surface area contributed by atoms with Crippen LogP contribution in [0.2, 0.25) is 0 Å². The summed E-state index contributed by atoms with van der Waals surface area (Å²) in [5.74, 6) is 0.954. The number of carbonyl (C=O) groups is 1. The Kier molecular flexibility index (Phi) is 4.19. The van der Waals surface area contributed by atoms with E-state index in [1.54, 1.807) is 25.3 Å². The van der Waals surface area contributed by atoms with E-state index in [4.69, 9.17) is 14.3 Å². The first kappa shape index (κ1) is 15.0. The molecule has 2 aromatic rings. The molecular weight excluding hydrogens is 294 g/mol. The first-order valence-electron chi connectivity index (χ1n) is 7.22. The average Bonchev–Trinajstić information content (AvgIpc) is 2.59. The van der Waals surface area contributed by atoms with Crippen LogP contribution in [0.25, 0.3) is 5.70 Å². The molecule has 2 aromatic carbocycles. The normalized spacial score (nSPS) is 12.5. The predicted molar refractivity (Wildman–Crippen MR) is 86.2 cm³/mol. The molecule has 0 atom stereocenters. The highest BCUT2D eigenvalue weighted by molar-refractivity contribution is 5.89. The lowest BCUT2D eigenvalue weighted by atomic mass is 10.1. The van der Waals surface area contributed by atoms with E-state index in [0.29, 0.717) is 29.4 Å². The Morgan fingerprint density at radius 1 is 1.17 bits per heavy atom. The smallest absolute Gasteiger partial charge is 0.362 e. The van der Waals surface area contributed by atoms with Gasteiger partial charge in [-0.25, -0.2) is 10.3 Å². The van der Waals surface area contributed by atoms with Gasteiger partial charge in [0, 0.05) is 11.6 Å². The van der Waals surface area contributed by atoms with Crippen LogP contribution >= 0.6 is 0 Å². The lowest BCUT2D eigenvalue weighted by molar-refractivity contribution is 0.0366. The maximum atomic E-state index is 12.0. The van der Waals surface area contributed by atoms with Crippen molar-refractivity contribution in [1.82, 2.24) is 5.48 Å². The van der Waals surface area contributed by atoms with Gasteiger partial charge in [0.1, 0.15) is 18.1 Å². The molecule has 3 rings (SSSR count). The fourth-order valence-corrected chi connectivity index (χ4v) is 2.24. The van der Waals surface area contributed by atoms with E-state index in [1.807, 2.05) is 37.3 Å². The average molecular weight is 311 g/mol. The summed E-state index contributed by atoms with van der Waals surface area (Å²) in [4.78, 5) is 17.2. The second-order valence-electron chi connectivity index (χ2n) is 5.15. The van der Waals surface area contributed by atoms with Crippen molar-refractivity contribution in [2.24, 2.45) is 0 Å². The minimum Gasteiger partial charge on any atom is -0.497 e. The quantitative estimate of drug-likeness (QED) is 0.879. The zero-order chi connectivity index (χ0) is 16.2. The van der Waals surface area contributed by atoms with Gasteiger partial charge in [0.05, 0.1) is 18.4 Å². The highest BCUT2D eigenvalue weighted by Crippen LogP contribution is 2.31. The number of hydrogen-bond donors (Lipinski definition) is 1. The van der Waals surface area contributed by atoms with Crippen LogP contribution in [0, 0.1) is 6.92 Å². The van der Waals surface area contributed by atoms with Gasteiger partial charge in [0.2, 0.25) is 0 Å². The standard InChI is InChI=1S/C18H17NO4/c1-12-3-5-13(6-4-12)18(20)23-19-16-9-10-22-17-11-14(21-2)7-8-15(16)17/h3-9,11,19H,10H2,1-2H3. The van der Waals surface area contributed by atoms with Gasteiger partial charge < -0.3 is 14.3 Å². The summed E-state index contributed by atoms with van der Waals surface area (Å²) in [6, 6.07) is 12.7. The van der Waals surface area contributed by atoms with Crippen LogP contribution in [-0.4, -0.2) is 19.7 Å². The van der Waals surface area contributed by atoms with E-state index in [9.17, 15) is 4.79 Å². The summed E-state index contributed by atoms with van der Waals surface area (Å²) in [6.45, 7) is 2.36. The van der Waals surface area contributed by atoms with Crippen molar-refractivity contribution < 1.29 is 19.1 Å². The van der Waals surface area contributed by atoms with Gasteiger partial charge in [-0.1, -0.05) is 17.7 Å². The number of benzene rings is 2. The minimum atomic E-state index is -0.438. The number of nitrogens with one attached hydrogen (secondary N) is 1. The highest BCUT2D eigenvalue weighted by Gasteiger charge is 2.16. The Hall–Kier alpha value is -2.95. The first-order chi connectivity index (χ1) is 11.2. The van der Waals surface area contributed by atoms with E-state index in [1.165, 1.54) is 0 Å². The van der Waals surface area contributed by atoms with Gasteiger partial charge in [-0.05, 0) is 37.3 Å². The van der Waals surface area contributed by atoms with Crippen LogP contribution in [0.1, 0.15) is 21.5 Å². The molecule has 0 radical (unpaired) electrons. The minimum absolute atomic E-state index is 0.393. The Labute approximate surface area is 134 Å². The maximum Gasteiger partial charge on any atom is 0.362 e. The number of hydrogen-bond acceptors (Lipinski definition) is 5. The lowest BCUT2D eigenvalue weighted by Crippen LogP contribution is -2.21. The fourth-order valence-electron chi connectivity index (χ4n) is 2.24. The summed E-state index contributed by atoms with van der Waals surface area (Å²) in [5.41, 5.74) is 5.80. The molecular formula is C18H17NO4. The van der Waals surface area contributed by atoms with E-state index in [0.717, 1.165) is 11.1 Å². The van der Waals surface area contributed by atoms with Crippen LogP contribution in [0.4, 0.5) is 0 Å². The molecule has 0 saturated heterocycles. The third-order valence-corrected chi connectivity index (χ3v) is 3.55. The van der Waals surface area contributed by atoms with Crippen molar-refractivity contribution >= 4 is 11.7 Å². The highest BCUT2D eigenvalue weighted by atomic mass is 16.7.